The highest BCUT2D eigenvalue weighted by molar-refractivity contribution is 5.91. The molecular weight excluding hydrogens is 508 g/mol. The third-order valence-corrected chi connectivity index (χ3v) is 6.62. The van der Waals surface area contributed by atoms with Crippen LogP contribution in [0.15, 0.2) is 24.4 Å². The summed E-state index contributed by atoms with van der Waals surface area (Å²) in [5.41, 5.74) is 3.54. The average Bonchev–Trinajstić information content (AvgIpc) is 3.24. The van der Waals surface area contributed by atoms with Crippen LogP contribution in [-0.4, -0.2) is 83.8 Å². The van der Waals surface area contributed by atoms with Crippen LogP contribution in [0.5, 0.6) is 0 Å². The number of nitrogens with one attached hydrogen (secondary N) is 1. The molecule has 4 heterocycles. The van der Waals surface area contributed by atoms with Gasteiger partial charge in [-0.1, -0.05) is 0 Å². The molecule has 3 aromatic rings. The predicted molar refractivity (Wildman–Crippen MR) is 132 cm³/mol. The summed E-state index contributed by atoms with van der Waals surface area (Å²) < 4.78 is 65.6. The molecule has 0 unspecified atom stereocenters. The van der Waals surface area contributed by atoms with Crippen LogP contribution >= 0.6 is 0 Å². The lowest BCUT2D eigenvalue weighted by molar-refractivity contribution is -0.168. The maximum atomic E-state index is 14.9. The van der Waals surface area contributed by atoms with Gasteiger partial charge in [-0.2, -0.15) is 18.3 Å². The third kappa shape index (κ3) is 5.68. The maximum absolute atomic E-state index is 14.9. The molecule has 1 N–H and O–H groups in total. The second kappa shape index (κ2) is 10.4. The number of alkyl halides is 3. The normalized spacial score (nSPS) is 18.7. The van der Waals surface area contributed by atoms with Crippen molar-refractivity contribution in [2.45, 2.75) is 32.5 Å². The molecule has 38 heavy (non-hydrogen) atoms. The van der Waals surface area contributed by atoms with Crippen LogP contribution < -0.4 is 10.2 Å². The van der Waals surface area contributed by atoms with Gasteiger partial charge in [0.1, 0.15) is 11.6 Å². The van der Waals surface area contributed by atoms with E-state index in [1.165, 1.54) is 17.0 Å². The average molecular weight is 537 g/mol. The largest absolute Gasteiger partial charge is 0.391 e. The highest BCUT2D eigenvalue weighted by atomic mass is 19.4. The second-order valence-corrected chi connectivity index (χ2v) is 9.48. The molecule has 0 saturated carbocycles. The second-order valence-electron chi connectivity index (χ2n) is 9.48. The number of hydrogen-bond donors (Lipinski definition) is 1. The minimum atomic E-state index is -4.41. The van der Waals surface area contributed by atoms with Gasteiger partial charge in [0.05, 0.1) is 43.7 Å². The first kappa shape index (κ1) is 26.2. The monoisotopic (exact) mass is 536 g/mol. The molecule has 1 atom stereocenters. The minimum absolute atomic E-state index is 0.0303. The van der Waals surface area contributed by atoms with Crippen LogP contribution in [0.4, 0.5) is 33.7 Å². The van der Waals surface area contributed by atoms with E-state index in [4.69, 9.17) is 9.47 Å². The van der Waals surface area contributed by atoms with E-state index in [2.05, 4.69) is 20.3 Å². The number of rotatable bonds is 4. The predicted octanol–water partition coefficient (Wildman–Crippen LogP) is 4.17. The summed E-state index contributed by atoms with van der Waals surface area (Å²) >= 11 is 0. The van der Waals surface area contributed by atoms with Gasteiger partial charge in [0.2, 0.25) is 0 Å². The Hall–Kier alpha value is -3.45. The first-order valence-corrected chi connectivity index (χ1v) is 12.3. The third-order valence-electron chi connectivity index (χ3n) is 6.62. The summed E-state index contributed by atoms with van der Waals surface area (Å²) in [5, 5.41) is 7.01. The minimum Gasteiger partial charge on any atom is -0.378 e. The number of urea groups is 1. The van der Waals surface area contributed by atoms with Gasteiger partial charge in [0.15, 0.2) is 5.65 Å². The summed E-state index contributed by atoms with van der Waals surface area (Å²) in [5.74, 6) is -0.0411. The van der Waals surface area contributed by atoms with Gasteiger partial charge in [-0.25, -0.2) is 18.7 Å². The van der Waals surface area contributed by atoms with Crippen molar-refractivity contribution in [3.05, 3.63) is 41.6 Å². The summed E-state index contributed by atoms with van der Waals surface area (Å²) in [7, 11) is 0. The number of fused-ring (bicyclic) bond motifs is 1. The molecular formula is C25H28F4N6O3. The molecule has 2 saturated heterocycles. The Balaban J connectivity index is 1.44. The Kier molecular flexibility index (Phi) is 7.14. The van der Waals surface area contributed by atoms with Crippen LogP contribution in [0, 0.1) is 19.7 Å². The quantitative estimate of drug-likeness (QED) is 0.504. The van der Waals surface area contributed by atoms with Crippen LogP contribution in [0.2, 0.25) is 0 Å². The van der Waals surface area contributed by atoms with Crippen LogP contribution in [0.3, 0.4) is 0 Å². The van der Waals surface area contributed by atoms with E-state index in [0.29, 0.717) is 48.9 Å². The van der Waals surface area contributed by atoms with Crippen LogP contribution in [0.25, 0.3) is 16.8 Å². The molecule has 2 aromatic heterocycles. The Bertz CT molecular complexity index is 1340. The number of hydrogen-bond acceptors (Lipinski definition) is 6. The number of anilines is 2. The van der Waals surface area contributed by atoms with Crippen LogP contribution in [0.1, 0.15) is 17.8 Å². The van der Waals surface area contributed by atoms with Gasteiger partial charge in [0, 0.05) is 37.9 Å². The lowest BCUT2D eigenvalue weighted by Gasteiger charge is -2.33. The number of carbonyl (C=O) groups is 1. The molecule has 2 fully saturated rings. The highest BCUT2D eigenvalue weighted by Gasteiger charge is 2.36. The Morgan fingerprint density at radius 2 is 1.89 bits per heavy atom. The van der Waals surface area contributed by atoms with Crippen molar-refractivity contribution in [2.75, 3.05) is 56.2 Å². The first-order valence-electron chi connectivity index (χ1n) is 12.3. The zero-order chi connectivity index (χ0) is 27.0. The lowest BCUT2D eigenvalue weighted by Crippen LogP contribution is -2.48. The van der Waals surface area contributed by atoms with Gasteiger partial charge in [-0.3, -0.25) is 0 Å². The topological polar surface area (TPSA) is 84.2 Å². The van der Waals surface area contributed by atoms with Crippen molar-refractivity contribution in [2.24, 2.45) is 0 Å². The fourth-order valence-electron chi connectivity index (χ4n) is 4.82. The number of ether oxygens (including phenoxy) is 2. The number of aryl methyl sites for hydroxylation is 2. The summed E-state index contributed by atoms with van der Waals surface area (Å²) in [6.07, 6.45) is -4.93. The SMILES string of the molecule is Cc1nc2c(N3CCOCC3)cc(-c3cc(NC(=O)N4CCO[C@@H](CC(F)(F)F)C4)c(F)cc3C)cn2n1. The van der Waals surface area contributed by atoms with Crippen molar-refractivity contribution >= 4 is 23.1 Å². The molecule has 0 radical (unpaired) electrons. The zero-order valence-corrected chi connectivity index (χ0v) is 21.0. The van der Waals surface area contributed by atoms with E-state index in [1.807, 2.05) is 6.07 Å². The molecule has 204 valence electrons. The van der Waals surface area contributed by atoms with Crippen molar-refractivity contribution < 1.29 is 31.8 Å². The smallest absolute Gasteiger partial charge is 0.378 e. The maximum Gasteiger partial charge on any atom is 0.391 e. The molecule has 0 bridgehead atoms. The number of nitrogens with zero attached hydrogens (tertiary/aromatic N) is 5. The number of amides is 2. The van der Waals surface area contributed by atoms with Gasteiger partial charge in [0.25, 0.3) is 0 Å². The summed E-state index contributed by atoms with van der Waals surface area (Å²) in [6, 6.07) is 4.13. The van der Waals surface area contributed by atoms with Gasteiger partial charge >= 0.3 is 12.2 Å². The molecule has 13 heteroatoms. The van der Waals surface area contributed by atoms with Crippen molar-refractivity contribution in [1.29, 1.82) is 0 Å². The number of aromatic nitrogens is 3. The van der Waals surface area contributed by atoms with E-state index >= 15 is 0 Å². The van der Waals surface area contributed by atoms with Gasteiger partial charge in [-0.15, -0.1) is 0 Å². The fourth-order valence-corrected chi connectivity index (χ4v) is 4.82. The van der Waals surface area contributed by atoms with Gasteiger partial charge < -0.3 is 24.6 Å². The summed E-state index contributed by atoms with van der Waals surface area (Å²) in [6.45, 7) is 5.94. The molecule has 2 amide bonds. The number of morpholine rings is 2. The number of benzene rings is 1. The Labute approximate surface area is 216 Å². The Morgan fingerprint density at radius 1 is 1.13 bits per heavy atom. The molecule has 5 rings (SSSR count). The van der Waals surface area contributed by atoms with E-state index in [0.717, 1.165) is 11.3 Å². The zero-order valence-electron chi connectivity index (χ0n) is 21.0. The first-order chi connectivity index (χ1) is 18.1. The fraction of sp³-hybridized carbons (Fsp3) is 0.480. The van der Waals surface area contributed by atoms with Crippen molar-refractivity contribution in [3.8, 4) is 11.1 Å². The van der Waals surface area contributed by atoms with Crippen molar-refractivity contribution in [3.63, 3.8) is 0 Å². The molecule has 0 spiro atoms. The molecule has 9 nitrogen and oxygen atoms in total. The standard InChI is InChI=1S/C25H28F4N6O3/c1-15-9-20(26)21(31-24(36)34-5-8-38-18(14-34)12-25(27,28)29)11-19(15)17-10-22(33-3-6-37-7-4-33)23-30-16(2)32-35(23)13-17/h9-11,13,18H,3-8,12,14H2,1-2H3,(H,31,36)/t18-/m0/s1. The van der Waals surface area contributed by atoms with E-state index in [-0.39, 0.29) is 25.4 Å². The summed E-state index contributed by atoms with van der Waals surface area (Å²) in [4.78, 5) is 20.8. The Morgan fingerprint density at radius 3 is 2.63 bits per heavy atom. The number of halogens is 4. The molecule has 1 aromatic carbocycles. The lowest BCUT2D eigenvalue weighted by atomic mass is 10.00. The molecule has 0 aliphatic carbocycles. The number of pyridine rings is 1. The molecule has 2 aliphatic heterocycles. The number of carbonyl (C=O) groups excluding carboxylic acids is 1. The molecule has 2 aliphatic rings. The van der Waals surface area contributed by atoms with E-state index in [9.17, 15) is 22.4 Å². The van der Waals surface area contributed by atoms with Crippen molar-refractivity contribution in [1.82, 2.24) is 19.5 Å². The van der Waals surface area contributed by atoms with E-state index in [1.54, 1.807) is 24.6 Å². The van der Waals surface area contributed by atoms with Crippen LogP contribution in [-0.2, 0) is 9.47 Å². The van der Waals surface area contributed by atoms with E-state index < -0.39 is 30.5 Å². The van der Waals surface area contributed by atoms with Gasteiger partial charge in [-0.05, 0) is 43.2 Å². The highest BCUT2D eigenvalue weighted by Crippen LogP contribution is 2.33.